The van der Waals surface area contributed by atoms with Gasteiger partial charge in [0.2, 0.25) is 0 Å². The van der Waals surface area contributed by atoms with Gasteiger partial charge in [-0.3, -0.25) is 5.01 Å². The van der Waals surface area contributed by atoms with Crippen molar-refractivity contribution in [1.29, 1.82) is 0 Å². The molecule has 0 bridgehead atoms. The molecule has 0 aliphatic carbocycles. The van der Waals surface area contributed by atoms with E-state index in [0.717, 1.165) is 47.0 Å². The van der Waals surface area contributed by atoms with E-state index >= 15 is 0 Å². The quantitative estimate of drug-likeness (QED) is 0.132. The number of carbonyl (C=O) groups is 1. The van der Waals surface area contributed by atoms with E-state index in [1.165, 1.54) is 46.0 Å². The second kappa shape index (κ2) is 16.2. The molecule has 0 spiro atoms. The van der Waals surface area contributed by atoms with Crippen molar-refractivity contribution >= 4 is 46.9 Å². The largest absolute Gasteiger partial charge is 0.573 e. The summed E-state index contributed by atoms with van der Waals surface area (Å²) in [6.07, 6.45) is -2.12. The average molecular weight is 681 g/mol. The number of nitrogens with zero attached hydrogens (tertiary/aromatic N) is 5. The minimum absolute atomic E-state index is 0.248. The number of halogens is 3. The van der Waals surface area contributed by atoms with Gasteiger partial charge in [0, 0.05) is 36.6 Å². The highest BCUT2D eigenvalue weighted by Crippen LogP contribution is 2.34. The van der Waals surface area contributed by atoms with Crippen molar-refractivity contribution in [3.05, 3.63) is 88.5 Å². The van der Waals surface area contributed by atoms with Crippen molar-refractivity contribution in [2.24, 2.45) is 21.0 Å². The maximum atomic E-state index is 12.9. The van der Waals surface area contributed by atoms with E-state index in [9.17, 15) is 18.0 Å². The van der Waals surface area contributed by atoms with Crippen LogP contribution in [0.4, 0.5) is 29.3 Å². The second-order valence-electron chi connectivity index (χ2n) is 12.2. The fraction of sp³-hybridized carbons (Fsp3) is 0.389. The molecule has 4 rings (SSSR count). The van der Waals surface area contributed by atoms with E-state index in [2.05, 4.69) is 83.5 Å². The van der Waals surface area contributed by atoms with Crippen LogP contribution in [0, 0.1) is 26.7 Å². The number of amidine groups is 2. The molecular formula is C36H43F3N6O2S. The number of hydrogen-bond donors (Lipinski definition) is 1. The molecule has 12 heteroatoms. The summed E-state index contributed by atoms with van der Waals surface area (Å²) >= 11 is 1.62. The molecular weight excluding hydrogens is 637 g/mol. The lowest BCUT2D eigenvalue weighted by Crippen LogP contribution is -2.43. The summed E-state index contributed by atoms with van der Waals surface area (Å²) in [6.45, 7) is 14.8. The lowest BCUT2D eigenvalue weighted by Gasteiger charge is -2.37. The number of aryl methyl sites for hydroxylation is 3. The summed E-state index contributed by atoms with van der Waals surface area (Å²) in [5.41, 5.74) is 7.14. The Hall–Kier alpha value is -4.32. The van der Waals surface area contributed by atoms with E-state index in [1.54, 1.807) is 18.8 Å². The van der Waals surface area contributed by atoms with Gasteiger partial charge in [0.15, 0.2) is 11.0 Å². The molecule has 1 aliphatic heterocycles. The number of hydrazone groups is 1. The Kier molecular flexibility index (Phi) is 12.3. The van der Waals surface area contributed by atoms with Crippen molar-refractivity contribution in [2.75, 3.05) is 29.3 Å². The summed E-state index contributed by atoms with van der Waals surface area (Å²) in [5, 5.41) is 9.70. The third-order valence-electron chi connectivity index (χ3n) is 8.04. The van der Waals surface area contributed by atoms with Crippen molar-refractivity contribution in [3.8, 4) is 5.75 Å². The van der Waals surface area contributed by atoms with Gasteiger partial charge in [0.1, 0.15) is 5.75 Å². The van der Waals surface area contributed by atoms with Gasteiger partial charge < -0.3 is 15.0 Å². The van der Waals surface area contributed by atoms with Gasteiger partial charge in [-0.15, -0.1) is 13.2 Å². The highest BCUT2D eigenvalue weighted by Gasteiger charge is 2.31. The van der Waals surface area contributed by atoms with Crippen LogP contribution in [-0.2, 0) is 6.42 Å². The van der Waals surface area contributed by atoms with Crippen LogP contribution in [0.3, 0.4) is 0 Å². The minimum Gasteiger partial charge on any atom is -0.406 e. The van der Waals surface area contributed by atoms with Gasteiger partial charge in [-0.2, -0.15) is 10.1 Å². The predicted molar refractivity (Wildman–Crippen MR) is 192 cm³/mol. The maximum Gasteiger partial charge on any atom is 0.573 e. The molecule has 0 aromatic heterocycles. The van der Waals surface area contributed by atoms with E-state index in [0.29, 0.717) is 24.0 Å². The average Bonchev–Trinajstić information content (AvgIpc) is 3.00. The first-order valence-electron chi connectivity index (χ1n) is 15.8. The molecule has 1 saturated heterocycles. The summed E-state index contributed by atoms with van der Waals surface area (Å²) in [6, 6.07) is 17.5. The Morgan fingerprint density at radius 3 is 2.35 bits per heavy atom. The van der Waals surface area contributed by atoms with Crippen molar-refractivity contribution in [1.82, 2.24) is 5.32 Å². The highest BCUT2D eigenvalue weighted by molar-refractivity contribution is 8.14. The van der Waals surface area contributed by atoms with Gasteiger partial charge in [-0.1, -0.05) is 60.6 Å². The van der Waals surface area contributed by atoms with Crippen LogP contribution >= 0.6 is 11.8 Å². The molecule has 1 fully saturated rings. The molecule has 1 N–H and O–H groups in total. The lowest BCUT2D eigenvalue weighted by molar-refractivity contribution is -0.274. The third-order valence-corrected chi connectivity index (χ3v) is 9.02. The highest BCUT2D eigenvalue weighted by atomic mass is 32.2. The third kappa shape index (κ3) is 10.1. The van der Waals surface area contributed by atoms with Crippen LogP contribution in [0.5, 0.6) is 5.75 Å². The fourth-order valence-electron chi connectivity index (χ4n) is 5.75. The molecule has 8 nitrogen and oxygen atoms in total. The van der Waals surface area contributed by atoms with Gasteiger partial charge >= 0.3 is 12.4 Å². The molecule has 256 valence electrons. The summed E-state index contributed by atoms with van der Waals surface area (Å²) in [4.78, 5) is 23.7. The maximum absolute atomic E-state index is 12.9. The number of alkyl halides is 3. The first-order chi connectivity index (χ1) is 22.7. The minimum atomic E-state index is -4.75. The monoisotopic (exact) mass is 680 g/mol. The zero-order chi connectivity index (χ0) is 35.0. The van der Waals surface area contributed by atoms with Crippen molar-refractivity contribution < 1.29 is 22.7 Å². The standard InChI is InChI=1S/C36H43F3N6O2S/c1-23(16-18-41-34(46)42-35-45(27(5)17-19-48-35)32-25(3)20-24(2)21-26(32)4)22-28-8-10-29(11-9-28)33(40-6)43-44(7)30-12-14-31(15-13-30)47-36(37,38)39/h8-15,20-21,23,27H,6,16-19,22H2,1-5,7H3,(H,41,46)/b42-35-,43-33-. The molecule has 3 aromatic rings. The van der Waals surface area contributed by atoms with Crippen LogP contribution < -0.4 is 20.0 Å². The first-order valence-corrected chi connectivity index (χ1v) is 16.8. The van der Waals surface area contributed by atoms with Crippen molar-refractivity contribution in [3.63, 3.8) is 0 Å². The molecule has 2 atom stereocenters. The zero-order valence-corrected chi connectivity index (χ0v) is 29.1. The van der Waals surface area contributed by atoms with E-state index < -0.39 is 6.36 Å². The SMILES string of the molecule is C=N/C(=N\N(C)c1ccc(OC(F)(F)F)cc1)c1ccc(CC(C)CCNC(=O)/N=C2\SCCC(C)N2c2c(C)cc(C)cc2C)cc1. The van der Waals surface area contributed by atoms with E-state index in [4.69, 9.17) is 0 Å². The Morgan fingerprint density at radius 2 is 1.75 bits per heavy atom. The number of carbonyl (C=O) groups excluding carboxylic acids is 1. The van der Waals surface area contributed by atoms with Crippen LogP contribution in [0.15, 0.2) is 75.7 Å². The number of amides is 2. The molecule has 1 aliphatic rings. The Bertz CT molecular complexity index is 1620. The second-order valence-corrected chi connectivity index (χ2v) is 13.2. The first kappa shape index (κ1) is 36.5. The normalized spacial score (nSPS) is 16.9. The molecule has 2 unspecified atom stereocenters. The number of ether oxygens (including phenoxy) is 1. The number of anilines is 2. The molecule has 2 amide bonds. The van der Waals surface area contributed by atoms with Gasteiger partial charge in [0.05, 0.1) is 5.69 Å². The number of nitrogens with one attached hydrogen (secondary N) is 1. The molecule has 0 saturated carbocycles. The van der Waals surface area contributed by atoms with Gasteiger partial charge in [-0.25, -0.2) is 9.79 Å². The van der Waals surface area contributed by atoms with Crippen LogP contribution in [0.25, 0.3) is 0 Å². The number of urea groups is 1. The number of thioether (sulfide) groups is 1. The predicted octanol–water partition coefficient (Wildman–Crippen LogP) is 8.68. The molecule has 3 aromatic carbocycles. The summed E-state index contributed by atoms with van der Waals surface area (Å²) in [5.74, 6) is 1.29. The number of aliphatic imine (C=N–C) groups is 2. The summed E-state index contributed by atoms with van der Waals surface area (Å²) in [7, 11) is 1.67. The van der Waals surface area contributed by atoms with Crippen LogP contribution in [-0.4, -0.2) is 55.5 Å². The Morgan fingerprint density at radius 1 is 1.10 bits per heavy atom. The lowest BCUT2D eigenvalue weighted by atomic mass is 9.97. The Balaban J connectivity index is 1.31. The zero-order valence-electron chi connectivity index (χ0n) is 28.3. The summed E-state index contributed by atoms with van der Waals surface area (Å²) < 4.78 is 41.3. The fourth-order valence-corrected chi connectivity index (χ4v) is 6.95. The van der Waals surface area contributed by atoms with Crippen molar-refractivity contribution in [2.45, 2.75) is 66.3 Å². The van der Waals surface area contributed by atoms with Gasteiger partial charge in [-0.05, 0) is 101 Å². The topological polar surface area (TPSA) is 81.9 Å². The molecule has 48 heavy (non-hydrogen) atoms. The molecule has 0 radical (unpaired) electrons. The number of benzene rings is 3. The molecule has 1 heterocycles. The van der Waals surface area contributed by atoms with Gasteiger partial charge in [0.25, 0.3) is 0 Å². The number of hydrogen-bond acceptors (Lipinski definition) is 5. The number of rotatable bonds is 10. The van der Waals surface area contributed by atoms with E-state index in [1.807, 2.05) is 24.3 Å². The van der Waals surface area contributed by atoms with E-state index in [-0.39, 0.29) is 17.8 Å². The van der Waals surface area contributed by atoms with Crippen LogP contribution in [0.1, 0.15) is 54.5 Å². The Labute approximate surface area is 285 Å². The van der Waals surface area contributed by atoms with Crippen LogP contribution in [0.2, 0.25) is 0 Å². The smallest absolute Gasteiger partial charge is 0.406 e.